The zero-order valence-corrected chi connectivity index (χ0v) is 19.0. The van der Waals surface area contributed by atoms with Crippen LogP contribution in [0.25, 0.3) is 0 Å². The molecule has 1 saturated heterocycles. The Morgan fingerprint density at radius 3 is 2.63 bits per heavy atom. The van der Waals surface area contributed by atoms with Gasteiger partial charge in [0.25, 0.3) is 0 Å². The lowest BCUT2D eigenvalue weighted by atomic mass is 9.95. The second-order valence-corrected chi connectivity index (χ2v) is 9.97. The summed E-state index contributed by atoms with van der Waals surface area (Å²) in [7, 11) is 0. The summed E-state index contributed by atoms with van der Waals surface area (Å²) in [4.78, 5) is 14.8. The lowest BCUT2D eigenvalue weighted by molar-refractivity contribution is 0.252. The topological polar surface area (TPSA) is 28.5 Å². The molecule has 6 heteroatoms. The van der Waals surface area contributed by atoms with Crippen LogP contribution in [-0.4, -0.2) is 26.8 Å². The van der Waals surface area contributed by atoms with Crippen LogP contribution in [0.1, 0.15) is 36.7 Å². The number of aliphatic imine (C=N–C) groups is 1. The molecule has 0 bridgehead atoms. The minimum Gasteiger partial charge on any atom is -0.338 e. The number of aromatic nitrogens is 1. The molecule has 2 aliphatic rings. The van der Waals surface area contributed by atoms with E-state index in [2.05, 4.69) is 65.3 Å². The lowest BCUT2D eigenvalue weighted by Crippen LogP contribution is -2.35. The van der Waals surface area contributed by atoms with Gasteiger partial charge in [0.15, 0.2) is 5.17 Å². The molecular weight excluding hydrogens is 430 g/mol. The second-order valence-electron chi connectivity index (χ2n) is 7.43. The van der Waals surface area contributed by atoms with Gasteiger partial charge in [-0.25, -0.2) is 0 Å². The highest BCUT2D eigenvalue weighted by Crippen LogP contribution is 2.50. The quantitative estimate of drug-likeness (QED) is 0.423. The molecule has 0 amide bonds. The number of fused-ring (bicyclic) bond motifs is 1. The van der Waals surface area contributed by atoms with E-state index in [0.29, 0.717) is 6.04 Å². The van der Waals surface area contributed by atoms with Crippen molar-refractivity contribution in [3.05, 3.63) is 89.2 Å². The number of nitrogens with zero attached hydrogens (tertiary/aromatic N) is 3. The van der Waals surface area contributed by atoms with E-state index < -0.39 is 0 Å². The van der Waals surface area contributed by atoms with Crippen molar-refractivity contribution in [2.24, 2.45) is 4.99 Å². The molecule has 30 heavy (non-hydrogen) atoms. The predicted octanol–water partition coefficient (Wildman–Crippen LogP) is 6.87. The minimum absolute atomic E-state index is 0.00928. The Kier molecular flexibility index (Phi) is 5.77. The first-order valence-electron chi connectivity index (χ1n) is 10.2. The van der Waals surface area contributed by atoms with Gasteiger partial charge in [-0.05, 0) is 54.4 Å². The van der Waals surface area contributed by atoms with Gasteiger partial charge in [-0.1, -0.05) is 66.3 Å². The highest BCUT2D eigenvalue weighted by atomic mass is 35.5. The van der Waals surface area contributed by atoms with Crippen molar-refractivity contribution in [2.45, 2.75) is 41.3 Å². The average Bonchev–Trinajstić information content (AvgIpc) is 3.35. The van der Waals surface area contributed by atoms with Crippen LogP contribution in [0, 0.1) is 0 Å². The number of halogens is 1. The van der Waals surface area contributed by atoms with Crippen LogP contribution in [0.15, 0.2) is 87.7 Å². The van der Waals surface area contributed by atoms with Crippen molar-refractivity contribution in [2.75, 3.05) is 5.75 Å². The molecule has 5 rings (SSSR count). The van der Waals surface area contributed by atoms with E-state index in [-0.39, 0.29) is 12.1 Å². The maximum absolute atomic E-state index is 6.09. The largest absolute Gasteiger partial charge is 0.338 e. The normalized spacial score (nSPS) is 22.8. The molecule has 0 spiro atoms. The summed E-state index contributed by atoms with van der Waals surface area (Å²) in [5, 5.41) is 1.92. The molecule has 152 valence electrons. The molecule has 3 atom stereocenters. The van der Waals surface area contributed by atoms with Crippen molar-refractivity contribution < 1.29 is 0 Å². The first-order chi connectivity index (χ1) is 14.7. The minimum atomic E-state index is 0.00928. The van der Waals surface area contributed by atoms with Gasteiger partial charge in [0, 0.05) is 32.8 Å². The third kappa shape index (κ3) is 3.75. The first kappa shape index (κ1) is 20.0. The molecule has 2 aromatic carbocycles. The summed E-state index contributed by atoms with van der Waals surface area (Å²) in [5.41, 5.74) is 2.35. The summed E-state index contributed by atoms with van der Waals surface area (Å²) < 4.78 is 0. The molecule has 0 saturated carbocycles. The lowest BCUT2D eigenvalue weighted by Gasteiger charge is -2.33. The number of benzene rings is 2. The fraction of sp³-hybridized carbons (Fsp3) is 0.250. The maximum Gasteiger partial charge on any atom is 0.160 e. The molecule has 2 aliphatic heterocycles. The van der Waals surface area contributed by atoms with Crippen LogP contribution < -0.4 is 0 Å². The molecule has 0 unspecified atom stereocenters. The Morgan fingerprint density at radius 1 is 1.07 bits per heavy atom. The maximum atomic E-state index is 6.09. The molecule has 3 heterocycles. The highest BCUT2D eigenvalue weighted by Gasteiger charge is 2.46. The van der Waals surface area contributed by atoms with Crippen LogP contribution in [0.5, 0.6) is 0 Å². The summed E-state index contributed by atoms with van der Waals surface area (Å²) in [6, 6.07) is 23.6. The van der Waals surface area contributed by atoms with E-state index >= 15 is 0 Å². The number of hydrogen-bond acceptors (Lipinski definition) is 5. The van der Waals surface area contributed by atoms with Crippen LogP contribution in [-0.2, 0) is 0 Å². The Hall–Kier alpha value is -1.95. The zero-order valence-electron chi connectivity index (χ0n) is 16.6. The van der Waals surface area contributed by atoms with Gasteiger partial charge >= 0.3 is 0 Å². The van der Waals surface area contributed by atoms with Crippen molar-refractivity contribution >= 4 is 40.3 Å². The molecule has 0 N–H and O–H groups in total. The molecule has 1 aromatic heterocycles. The van der Waals surface area contributed by atoms with Crippen LogP contribution in [0.3, 0.4) is 0 Å². The van der Waals surface area contributed by atoms with Gasteiger partial charge in [-0.3, -0.25) is 9.98 Å². The van der Waals surface area contributed by atoms with E-state index in [9.17, 15) is 0 Å². The van der Waals surface area contributed by atoms with Gasteiger partial charge in [0.2, 0.25) is 0 Å². The predicted molar refractivity (Wildman–Crippen MR) is 128 cm³/mol. The highest BCUT2D eigenvalue weighted by molar-refractivity contribution is 8.14. The third-order valence-corrected chi connectivity index (χ3v) is 8.09. The Morgan fingerprint density at radius 2 is 1.87 bits per heavy atom. The second kappa shape index (κ2) is 8.66. The summed E-state index contributed by atoms with van der Waals surface area (Å²) in [5.74, 6) is 1.10. The van der Waals surface area contributed by atoms with Crippen LogP contribution in [0.2, 0.25) is 5.02 Å². The number of hydrogen-bond donors (Lipinski definition) is 0. The van der Waals surface area contributed by atoms with E-state index in [0.717, 1.165) is 28.1 Å². The van der Waals surface area contributed by atoms with Gasteiger partial charge in [-0.15, -0.1) is 0 Å². The number of rotatable bonds is 5. The van der Waals surface area contributed by atoms with Gasteiger partial charge in [0.1, 0.15) is 6.04 Å². The van der Waals surface area contributed by atoms with Crippen molar-refractivity contribution in [1.82, 2.24) is 9.88 Å². The van der Waals surface area contributed by atoms with Crippen LogP contribution in [0.4, 0.5) is 0 Å². The fourth-order valence-electron chi connectivity index (χ4n) is 4.13. The number of pyridine rings is 1. The first-order valence-corrected chi connectivity index (χ1v) is 12.3. The fourth-order valence-corrected chi connectivity index (χ4v) is 6.58. The zero-order chi connectivity index (χ0) is 20.5. The molecule has 3 nitrogen and oxygen atoms in total. The Bertz CT molecular complexity index is 1060. The monoisotopic (exact) mass is 451 g/mol. The van der Waals surface area contributed by atoms with E-state index in [1.165, 1.54) is 15.4 Å². The SMILES string of the molecule is CC[C@@H]1CSC2=N[C@H](c3ccccn3)[C@@H](c3ccccc3Sc3ccc(Cl)cc3)N21. The Labute approximate surface area is 191 Å². The van der Waals surface area contributed by atoms with Crippen LogP contribution >= 0.6 is 35.1 Å². The molecule has 3 aromatic rings. The summed E-state index contributed by atoms with van der Waals surface area (Å²) >= 11 is 9.76. The van der Waals surface area contributed by atoms with E-state index in [1.54, 1.807) is 11.8 Å². The molecule has 0 radical (unpaired) electrons. The standard InChI is InChI=1S/C24H22ClN3S2/c1-2-17-15-29-24-27-22(20-8-5-6-14-26-20)23(28(17)24)19-7-3-4-9-21(19)30-18-12-10-16(25)11-13-18/h3-14,17,22-23H,2,15H2,1H3/t17-,22-,23-/m1/s1. The number of thioether (sulfide) groups is 1. The smallest absolute Gasteiger partial charge is 0.160 e. The Balaban J connectivity index is 1.57. The summed E-state index contributed by atoms with van der Waals surface area (Å²) in [6.45, 7) is 2.27. The third-order valence-electron chi connectivity index (χ3n) is 5.61. The van der Waals surface area contributed by atoms with E-state index in [1.807, 2.05) is 36.2 Å². The van der Waals surface area contributed by atoms with Gasteiger partial charge < -0.3 is 4.90 Å². The van der Waals surface area contributed by atoms with Crippen molar-refractivity contribution in [3.8, 4) is 0 Å². The van der Waals surface area contributed by atoms with Gasteiger partial charge in [-0.2, -0.15) is 0 Å². The van der Waals surface area contributed by atoms with Crippen molar-refractivity contribution in [1.29, 1.82) is 0 Å². The molecule has 1 fully saturated rings. The molecular formula is C24H22ClN3S2. The van der Waals surface area contributed by atoms with Gasteiger partial charge in [0.05, 0.1) is 11.7 Å². The molecule has 0 aliphatic carbocycles. The van der Waals surface area contributed by atoms with E-state index in [4.69, 9.17) is 16.6 Å². The average molecular weight is 452 g/mol. The number of amidine groups is 1. The summed E-state index contributed by atoms with van der Waals surface area (Å²) in [6.07, 6.45) is 2.98. The van der Waals surface area contributed by atoms with Crippen molar-refractivity contribution in [3.63, 3.8) is 0 Å².